The molecule has 0 aromatic heterocycles. The highest BCUT2D eigenvalue weighted by Crippen LogP contribution is 2.52. The van der Waals surface area contributed by atoms with Crippen molar-refractivity contribution in [3.63, 3.8) is 0 Å². The average molecular weight is 348 g/mol. The number of ether oxygens (including phenoxy) is 3. The molecule has 0 spiro atoms. The van der Waals surface area contributed by atoms with Gasteiger partial charge in [0.2, 0.25) is 0 Å². The van der Waals surface area contributed by atoms with Gasteiger partial charge in [0.15, 0.2) is 11.2 Å². The molecule has 1 heterocycles. The van der Waals surface area contributed by atoms with E-state index in [1.165, 1.54) is 0 Å². The van der Waals surface area contributed by atoms with Crippen molar-refractivity contribution in [2.75, 3.05) is 26.4 Å². The van der Waals surface area contributed by atoms with Crippen LogP contribution in [0.15, 0.2) is 22.3 Å². The Bertz CT molecular complexity index is 666. The number of fused-ring (bicyclic) bond motifs is 2. The summed E-state index contributed by atoms with van der Waals surface area (Å²) in [7, 11) is 0. The zero-order chi connectivity index (χ0) is 18.2. The largest absolute Gasteiger partial charge is 0.465 e. The second kappa shape index (κ2) is 6.75. The van der Waals surface area contributed by atoms with Gasteiger partial charge in [-0.1, -0.05) is 5.57 Å². The van der Waals surface area contributed by atoms with Crippen LogP contribution in [-0.2, 0) is 28.6 Å². The van der Waals surface area contributed by atoms with Gasteiger partial charge in [0, 0.05) is 6.42 Å². The van der Waals surface area contributed by atoms with Crippen LogP contribution in [0.4, 0.5) is 0 Å². The summed E-state index contributed by atoms with van der Waals surface area (Å²) in [5.41, 5.74) is 2.29. The van der Waals surface area contributed by atoms with Crippen LogP contribution in [0.5, 0.6) is 0 Å². The number of rotatable bonds is 4. The van der Waals surface area contributed by atoms with Crippen LogP contribution in [0.25, 0.3) is 0 Å². The van der Waals surface area contributed by atoms with Crippen molar-refractivity contribution in [3.05, 3.63) is 22.3 Å². The second-order valence-electron chi connectivity index (χ2n) is 6.83. The highest BCUT2D eigenvalue weighted by atomic mass is 16.6. The van der Waals surface area contributed by atoms with Crippen molar-refractivity contribution >= 4 is 17.7 Å². The van der Waals surface area contributed by atoms with Crippen LogP contribution in [0.3, 0.4) is 0 Å². The summed E-state index contributed by atoms with van der Waals surface area (Å²) in [5, 5.41) is 0. The molecule has 136 valence electrons. The van der Waals surface area contributed by atoms with Crippen LogP contribution < -0.4 is 0 Å². The molecule has 0 N–H and O–H groups in total. The van der Waals surface area contributed by atoms with Gasteiger partial charge in [0.25, 0.3) is 0 Å². The third kappa shape index (κ3) is 2.82. The standard InChI is InChI=1S/C19H24O6/c1-4-24-17(21)19(18(22)25-5-2)7-12-6-16(20)11(3)14-9-23-10-15(14)13(12)8-19/h12H,4-10H2,1-3H3. The third-order valence-electron chi connectivity index (χ3n) is 5.46. The topological polar surface area (TPSA) is 78.9 Å². The number of ketones is 1. The van der Waals surface area contributed by atoms with E-state index in [-0.39, 0.29) is 37.8 Å². The Hall–Kier alpha value is -1.95. The molecular formula is C19H24O6. The lowest BCUT2D eigenvalue weighted by Gasteiger charge is -2.24. The molecule has 2 fully saturated rings. The van der Waals surface area contributed by atoms with Gasteiger partial charge in [-0.2, -0.15) is 0 Å². The van der Waals surface area contributed by atoms with Gasteiger partial charge in [0.05, 0.1) is 26.4 Å². The highest BCUT2D eigenvalue weighted by molar-refractivity contribution is 6.02. The molecule has 0 bridgehead atoms. The fraction of sp³-hybridized carbons (Fsp3) is 0.632. The Morgan fingerprint density at radius 2 is 1.72 bits per heavy atom. The first-order chi connectivity index (χ1) is 11.9. The fourth-order valence-corrected chi connectivity index (χ4v) is 4.16. The number of hydrogen-bond donors (Lipinski definition) is 0. The minimum Gasteiger partial charge on any atom is -0.465 e. The van der Waals surface area contributed by atoms with Gasteiger partial charge in [-0.3, -0.25) is 14.4 Å². The van der Waals surface area contributed by atoms with E-state index in [0.29, 0.717) is 19.6 Å². The summed E-state index contributed by atoms with van der Waals surface area (Å²) in [6.45, 7) is 6.49. The highest BCUT2D eigenvalue weighted by Gasteiger charge is 2.57. The number of carbonyl (C=O) groups is 3. The first-order valence-electron chi connectivity index (χ1n) is 8.82. The first-order valence-corrected chi connectivity index (χ1v) is 8.82. The monoisotopic (exact) mass is 348 g/mol. The minimum absolute atomic E-state index is 0.0570. The predicted octanol–water partition coefficient (Wildman–Crippen LogP) is 2.13. The van der Waals surface area contributed by atoms with Crippen LogP contribution in [0.1, 0.15) is 40.0 Å². The SMILES string of the molecule is CCOC(=O)C1(C(=O)OCC)CC2=C3COCC3=C(C)C(=O)CC2C1. The summed E-state index contributed by atoms with van der Waals surface area (Å²) < 4.78 is 16.0. The predicted molar refractivity (Wildman–Crippen MR) is 88.6 cm³/mol. The van der Waals surface area contributed by atoms with Crippen molar-refractivity contribution < 1.29 is 28.6 Å². The maximum Gasteiger partial charge on any atom is 0.323 e. The molecule has 0 aromatic rings. The van der Waals surface area contributed by atoms with E-state index >= 15 is 0 Å². The van der Waals surface area contributed by atoms with E-state index in [0.717, 1.165) is 22.3 Å². The minimum atomic E-state index is -1.35. The third-order valence-corrected chi connectivity index (χ3v) is 5.46. The van der Waals surface area contributed by atoms with Crippen molar-refractivity contribution in [3.8, 4) is 0 Å². The summed E-state index contributed by atoms with van der Waals surface area (Å²) in [5.74, 6) is -1.20. The number of allylic oxidation sites excluding steroid dienone is 2. The van der Waals surface area contributed by atoms with E-state index in [1.54, 1.807) is 13.8 Å². The molecule has 1 saturated heterocycles. The van der Waals surface area contributed by atoms with Crippen LogP contribution in [0, 0.1) is 11.3 Å². The Morgan fingerprint density at radius 1 is 1.12 bits per heavy atom. The van der Waals surface area contributed by atoms with Crippen LogP contribution >= 0.6 is 0 Å². The zero-order valence-electron chi connectivity index (χ0n) is 15.0. The summed E-state index contributed by atoms with van der Waals surface area (Å²) in [6.07, 6.45) is 0.822. The molecule has 1 aliphatic heterocycles. The van der Waals surface area contributed by atoms with E-state index < -0.39 is 17.4 Å². The van der Waals surface area contributed by atoms with Crippen molar-refractivity contribution in [2.45, 2.75) is 40.0 Å². The lowest BCUT2D eigenvalue weighted by Crippen LogP contribution is -2.40. The number of hydrogen-bond acceptors (Lipinski definition) is 6. The van der Waals surface area contributed by atoms with Crippen LogP contribution in [0.2, 0.25) is 0 Å². The first kappa shape index (κ1) is 17.9. The van der Waals surface area contributed by atoms with Crippen molar-refractivity contribution in [1.82, 2.24) is 0 Å². The van der Waals surface area contributed by atoms with E-state index in [1.807, 2.05) is 6.92 Å². The Kier molecular flexibility index (Phi) is 4.82. The van der Waals surface area contributed by atoms with E-state index in [9.17, 15) is 14.4 Å². The van der Waals surface area contributed by atoms with Gasteiger partial charge < -0.3 is 14.2 Å². The summed E-state index contributed by atoms with van der Waals surface area (Å²) in [4.78, 5) is 37.9. The second-order valence-corrected chi connectivity index (χ2v) is 6.83. The van der Waals surface area contributed by atoms with Crippen molar-refractivity contribution in [1.29, 1.82) is 0 Å². The van der Waals surface area contributed by atoms with Gasteiger partial charge in [-0.25, -0.2) is 0 Å². The molecule has 1 atom stereocenters. The summed E-state index contributed by atoms with van der Waals surface area (Å²) in [6, 6.07) is 0. The molecule has 1 unspecified atom stereocenters. The van der Waals surface area contributed by atoms with Crippen LogP contribution in [-0.4, -0.2) is 44.1 Å². The quantitative estimate of drug-likeness (QED) is 0.572. The lowest BCUT2D eigenvalue weighted by atomic mass is 9.83. The normalized spacial score (nSPS) is 24.8. The molecule has 2 aliphatic carbocycles. The molecule has 1 saturated carbocycles. The Balaban J connectivity index is 2.06. The molecule has 3 rings (SSSR count). The van der Waals surface area contributed by atoms with E-state index in [4.69, 9.17) is 14.2 Å². The fourth-order valence-electron chi connectivity index (χ4n) is 4.16. The number of esters is 2. The van der Waals surface area contributed by atoms with Crippen molar-refractivity contribution in [2.24, 2.45) is 11.3 Å². The van der Waals surface area contributed by atoms with Gasteiger partial charge in [-0.15, -0.1) is 0 Å². The average Bonchev–Trinajstić information content (AvgIpc) is 3.17. The Morgan fingerprint density at radius 3 is 2.32 bits per heavy atom. The molecule has 6 nitrogen and oxygen atoms in total. The number of Topliss-reactive ketones (excluding diaryl/α,β-unsaturated/α-hetero) is 1. The zero-order valence-corrected chi connectivity index (χ0v) is 15.0. The Labute approximate surface area is 147 Å². The van der Waals surface area contributed by atoms with E-state index in [2.05, 4.69) is 0 Å². The van der Waals surface area contributed by atoms with Gasteiger partial charge in [0.1, 0.15) is 0 Å². The van der Waals surface area contributed by atoms with Gasteiger partial charge in [-0.05, 0) is 56.3 Å². The lowest BCUT2D eigenvalue weighted by molar-refractivity contribution is -0.171. The molecule has 0 aromatic carbocycles. The number of carbonyl (C=O) groups excluding carboxylic acids is 3. The molecule has 6 heteroatoms. The summed E-state index contributed by atoms with van der Waals surface area (Å²) >= 11 is 0. The maximum atomic E-state index is 12.7. The molecule has 25 heavy (non-hydrogen) atoms. The van der Waals surface area contributed by atoms with Gasteiger partial charge >= 0.3 is 11.9 Å². The smallest absolute Gasteiger partial charge is 0.323 e. The molecule has 0 amide bonds. The molecular weight excluding hydrogens is 324 g/mol. The maximum absolute atomic E-state index is 12.7. The molecule has 0 radical (unpaired) electrons. The molecule has 3 aliphatic rings.